The first-order valence-electron chi connectivity index (χ1n) is 3.23. The molecule has 0 heterocycles. The lowest BCUT2D eigenvalue weighted by Crippen LogP contribution is -2.29. The van der Waals surface area contributed by atoms with E-state index in [9.17, 15) is 4.79 Å². The third-order valence-electron chi connectivity index (χ3n) is 1.40. The number of aliphatic carboxylic acids is 1. The minimum absolute atomic E-state index is 0.335. The van der Waals surface area contributed by atoms with Crippen LogP contribution in [0.2, 0.25) is 0 Å². The fourth-order valence-corrected chi connectivity index (χ4v) is 0.696. The molecule has 5 nitrogen and oxygen atoms in total. The second-order valence-electron chi connectivity index (χ2n) is 2.29. The molecule has 0 aliphatic carbocycles. The molecule has 0 fully saturated rings. The number of hydrogen-bond donors (Lipinski definition) is 4. The van der Waals surface area contributed by atoms with Gasteiger partial charge in [0.2, 0.25) is 0 Å². The summed E-state index contributed by atoms with van der Waals surface area (Å²) in [5, 5.41) is 34.1. The summed E-state index contributed by atoms with van der Waals surface area (Å²) in [5.41, 5.74) is 0. The van der Waals surface area contributed by atoms with Crippen LogP contribution in [0.25, 0.3) is 0 Å². The van der Waals surface area contributed by atoms with Crippen LogP contribution in [0.5, 0.6) is 0 Å². The molecule has 0 bridgehead atoms. The maximum Gasteiger partial charge on any atom is 0.303 e. The zero-order chi connectivity index (χ0) is 8.85. The van der Waals surface area contributed by atoms with Gasteiger partial charge in [0.25, 0.3) is 0 Å². The molecule has 0 saturated heterocycles. The zero-order valence-corrected chi connectivity index (χ0v) is 5.97. The predicted molar refractivity (Wildman–Crippen MR) is 35.9 cm³/mol. The van der Waals surface area contributed by atoms with Gasteiger partial charge in [0.1, 0.15) is 0 Å². The molecule has 0 aromatic carbocycles. The molecule has 11 heavy (non-hydrogen) atoms. The molecule has 0 radical (unpaired) electrons. The van der Waals surface area contributed by atoms with Crippen LogP contribution in [0.1, 0.15) is 6.42 Å². The van der Waals surface area contributed by atoms with Crippen LogP contribution >= 0.6 is 0 Å². The molecule has 0 aliphatic heterocycles. The average Bonchev–Trinajstić information content (AvgIpc) is 1.98. The summed E-state index contributed by atoms with van der Waals surface area (Å²) in [7, 11) is 0. The summed E-state index contributed by atoms with van der Waals surface area (Å²) in [4.78, 5) is 10.1. The Morgan fingerprint density at radius 1 is 1.27 bits per heavy atom. The number of carboxylic acid groups (broad SMARTS) is 1. The van der Waals surface area contributed by atoms with Gasteiger partial charge in [-0.2, -0.15) is 0 Å². The molecule has 0 aromatic heterocycles. The van der Waals surface area contributed by atoms with Gasteiger partial charge < -0.3 is 20.4 Å². The Morgan fingerprint density at radius 3 is 2.09 bits per heavy atom. The van der Waals surface area contributed by atoms with Crippen molar-refractivity contribution in [2.75, 3.05) is 13.2 Å². The maximum absolute atomic E-state index is 10.1. The average molecular weight is 164 g/mol. The number of aliphatic hydroxyl groups excluding tert-OH is 3. The summed E-state index contributed by atoms with van der Waals surface area (Å²) in [6.45, 7) is -0.966. The molecule has 4 N–H and O–H groups in total. The first-order chi connectivity index (χ1) is 5.11. The van der Waals surface area contributed by atoms with Crippen LogP contribution < -0.4 is 0 Å². The second-order valence-corrected chi connectivity index (χ2v) is 2.29. The highest BCUT2D eigenvalue weighted by molar-refractivity contribution is 5.67. The topological polar surface area (TPSA) is 98.0 Å². The van der Waals surface area contributed by atoms with E-state index in [2.05, 4.69) is 0 Å². The summed E-state index contributed by atoms with van der Waals surface area (Å²) in [5.74, 6) is -1.88. The minimum Gasteiger partial charge on any atom is -0.481 e. The van der Waals surface area contributed by atoms with Gasteiger partial charge in [0.15, 0.2) is 0 Å². The first-order valence-corrected chi connectivity index (χ1v) is 3.23. The summed E-state index contributed by atoms with van der Waals surface area (Å²) >= 11 is 0. The lowest BCUT2D eigenvalue weighted by molar-refractivity contribution is -0.140. The van der Waals surface area contributed by atoms with Crippen molar-refractivity contribution >= 4 is 5.97 Å². The van der Waals surface area contributed by atoms with Crippen molar-refractivity contribution < 1.29 is 25.2 Å². The van der Waals surface area contributed by atoms with Gasteiger partial charge in [-0.25, -0.2) is 0 Å². The normalized spacial score (nSPS) is 15.9. The van der Waals surface area contributed by atoms with Crippen molar-refractivity contribution in [3.63, 3.8) is 0 Å². The predicted octanol–water partition coefficient (Wildman–Crippen LogP) is -1.58. The molecule has 66 valence electrons. The van der Waals surface area contributed by atoms with Crippen molar-refractivity contribution in [2.24, 2.45) is 5.92 Å². The van der Waals surface area contributed by atoms with Crippen LogP contribution in [-0.2, 0) is 4.79 Å². The van der Waals surface area contributed by atoms with Gasteiger partial charge in [-0.1, -0.05) is 0 Å². The van der Waals surface area contributed by atoms with E-state index in [1.807, 2.05) is 0 Å². The van der Waals surface area contributed by atoms with E-state index < -0.39 is 31.2 Å². The van der Waals surface area contributed by atoms with E-state index in [0.29, 0.717) is 0 Å². The van der Waals surface area contributed by atoms with Crippen LogP contribution in [-0.4, -0.2) is 45.7 Å². The third-order valence-corrected chi connectivity index (χ3v) is 1.40. The smallest absolute Gasteiger partial charge is 0.303 e. The molecule has 0 rings (SSSR count). The quantitative estimate of drug-likeness (QED) is 0.393. The van der Waals surface area contributed by atoms with Crippen LogP contribution in [0.3, 0.4) is 0 Å². The van der Waals surface area contributed by atoms with Gasteiger partial charge in [-0.05, 0) is 0 Å². The molecule has 0 spiro atoms. The Bertz CT molecular complexity index is 124. The molecule has 2 atom stereocenters. The molecule has 0 aliphatic rings. The summed E-state index contributed by atoms with van der Waals surface area (Å²) < 4.78 is 0. The van der Waals surface area contributed by atoms with Crippen LogP contribution in [0.15, 0.2) is 0 Å². The van der Waals surface area contributed by atoms with Crippen molar-refractivity contribution in [2.45, 2.75) is 12.5 Å². The lowest BCUT2D eigenvalue weighted by Gasteiger charge is -2.16. The SMILES string of the molecule is O=C(O)CC(CO)C(O)CO. The Balaban J connectivity index is 3.84. The third kappa shape index (κ3) is 3.92. The van der Waals surface area contributed by atoms with Gasteiger partial charge in [-0.15, -0.1) is 0 Å². The fraction of sp³-hybridized carbons (Fsp3) is 0.833. The highest BCUT2D eigenvalue weighted by atomic mass is 16.4. The Morgan fingerprint density at radius 2 is 1.82 bits per heavy atom. The molecule has 2 unspecified atom stereocenters. The first kappa shape index (κ1) is 10.3. The van der Waals surface area contributed by atoms with E-state index in [1.165, 1.54) is 0 Å². The molecular formula is C6H12O5. The largest absolute Gasteiger partial charge is 0.481 e. The van der Waals surface area contributed by atoms with E-state index in [-0.39, 0.29) is 6.42 Å². The van der Waals surface area contributed by atoms with Gasteiger partial charge in [0, 0.05) is 12.5 Å². The van der Waals surface area contributed by atoms with Crippen LogP contribution in [0, 0.1) is 5.92 Å². The monoisotopic (exact) mass is 164 g/mol. The number of carboxylic acids is 1. The van der Waals surface area contributed by atoms with Gasteiger partial charge >= 0.3 is 5.97 Å². The second kappa shape index (κ2) is 5.06. The van der Waals surface area contributed by atoms with Crippen molar-refractivity contribution in [3.05, 3.63) is 0 Å². The Hall–Kier alpha value is -0.650. The minimum atomic E-state index is -1.16. The van der Waals surface area contributed by atoms with Crippen molar-refractivity contribution in [1.29, 1.82) is 0 Å². The molecule has 0 aromatic rings. The summed E-state index contributed by atoms with van der Waals surface area (Å²) in [6, 6.07) is 0. The number of hydrogen-bond acceptors (Lipinski definition) is 4. The van der Waals surface area contributed by atoms with Gasteiger partial charge in [-0.3, -0.25) is 4.79 Å². The number of aliphatic hydroxyl groups is 3. The lowest BCUT2D eigenvalue weighted by atomic mass is 10.0. The fourth-order valence-electron chi connectivity index (χ4n) is 0.696. The molecule has 0 saturated carbocycles. The highest BCUT2D eigenvalue weighted by Crippen LogP contribution is 2.07. The maximum atomic E-state index is 10.1. The van der Waals surface area contributed by atoms with E-state index in [1.54, 1.807) is 0 Å². The van der Waals surface area contributed by atoms with E-state index in [0.717, 1.165) is 0 Å². The van der Waals surface area contributed by atoms with Crippen molar-refractivity contribution in [1.82, 2.24) is 0 Å². The number of rotatable bonds is 5. The molecule has 0 amide bonds. The van der Waals surface area contributed by atoms with Crippen molar-refractivity contribution in [3.8, 4) is 0 Å². The van der Waals surface area contributed by atoms with Gasteiger partial charge in [0.05, 0.1) is 19.1 Å². The molecular weight excluding hydrogens is 152 g/mol. The van der Waals surface area contributed by atoms with Crippen LogP contribution in [0.4, 0.5) is 0 Å². The van der Waals surface area contributed by atoms with E-state index >= 15 is 0 Å². The van der Waals surface area contributed by atoms with E-state index in [4.69, 9.17) is 20.4 Å². The highest BCUT2D eigenvalue weighted by Gasteiger charge is 2.20. The summed E-state index contributed by atoms with van der Waals surface area (Å²) in [6.07, 6.45) is -1.49. The standard InChI is InChI=1S/C6H12O5/c7-2-4(1-6(10)11)5(9)3-8/h4-5,7-9H,1-3H2,(H,10,11). The zero-order valence-electron chi connectivity index (χ0n) is 5.97. The molecule has 5 heteroatoms. The Labute approximate surface area is 63.9 Å². The Kier molecular flexibility index (Phi) is 4.76. The number of carbonyl (C=O) groups is 1.